The molecule has 6 heteroatoms. The molecule has 0 aliphatic rings. The molecule has 3 N–H and O–H groups in total. The SMILES string of the molecule is CC(C)(C)n1c(=O)[nH]c2c(C#Cc3cccc4[nH]c(=O)[nH]c34)cccc21. The lowest BCUT2D eigenvalue weighted by Gasteiger charge is -2.20. The number of benzene rings is 2. The molecule has 6 nitrogen and oxygen atoms in total. The first kappa shape index (κ1) is 16.0. The van der Waals surface area contributed by atoms with Crippen LogP contribution in [0.4, 0.5) is 0 Å². The van der Waals surface area contributed by atoms with Gasteiger partial charge in [0, 0.05) is 5.54 Å². The number of hydrogen-bond acceptors (Lipinski definition) is 2. The number of aromatic amines is 3. The number of para-hydroxylation sites is 2. The van der Waals surface area contributed by atoms with Crippen molar-refractivity contribution in [3.05, 3.63) is 68.5 Å². The number of H-pyrrole nitrogens is 3. The summed E-state index contributed by atoms with van der Waals surface area (Å²) in [4.78, 5) is 32.3. The first-order valence-corrected chi connectivity index (χ1v) is 8.32. The fourth-order valence-electron chi connectivity index (χ4n) is 3.20. The van der Waals surface area contributed by atoms with Gasteiger partial charge in [-0.1, -0.05) is 24.0 Å². The second kappa shape index (κ2) is 5.53. The average molecular weight is 346 g/mol. The molecule has 0 spiro atoms. The monoisotopic (exact) mass is 346 g/mol. The fourth-order valence-corrected chi connectivity index (χ4v) is 3.20. The molecule has 0 unspecified atom stereocenters. The molecule has 0 fully saturated rings. The molecule has 4 rings (SSSR count). The Bertz CT molecular complexity index is 1310. The van der Waals surface area contributed by atoms with Crippen LogP contribution in [-0.2, 0) is 5.54 Å². The van der Waals surface area contributed by atoms with Crippen molar-refractivity contribution in [3.63, 3.8) is 0 Å². The molecule has 0 atom stereocenters. The molecule has 0 saturated heterocycles. The Hall–Kier alpha value is -3.46. The first-order chi connectivity index (χ1) is 12.3. The van der Waals surface area contributed by atoms with Crippen molar-refractivity contribution in [2.45, 2.75) is 26.3 Å². The van der Waals surface area contributed by atoms with E-state index in [9.17, 15) is 9.59 Å². The van der Waals surface area contributed by atoms with E-state index in [1.165, 1.54) is 0 Å². The Morgan fingerprint density at radius 3 is 2.19 bits per heavy atom. The highest BCUT2D eigenvalue weighted by atomic mass is 16.1. The average Bonchev–Trinajstić information content (AvgIpc) is 3.10. The number of fused-ring (bicyclic) bond motifs is 2. The maximum Gasteiger partial charge on any atom is 0.326 e. The molecule has 130 valence electrons. The van der Waals surface area contributed by atoms with Gasteiger partial charge in [-0.15, -0.1) is 0 Å². The number of rotatable bonds is 0. The highest BCUT2D eigenvalue weighted by Gasteiger charge is 2.20. The van der Waals surface area contributed by atoms with Crippen molar-refractivity contribution in [2.75, 3.05) is 0 Å². The smallest absolute Gasteiger partial charge is 0.306 e. The summed E-state index contributed by atoms with van der Waals surface area (Å²) in [5.74, 6) is 6.23. The minimum atomic E-state index is -0.336. The van der Waals surface area contributed by atoms with E-state index in [4.69, 9.17) is 0 Å². The Morgan fingerprint density at radius 1 is 0.846 bits per heavy atom. The number of nitrogens with one attached hydrogen (secondary N) is 3. The molecule has 2 aromatic heterocycles. The quantitative estimate of drug-likeness (QED) is 0.428. The van der Waals surface area contributed by atoms with Crippen molar-refractivity contribution < 1.29 is 0 Å². The zero-order valence-corrected chi connectivity index (χ0v) is 14.7. The van der Waals surface area contributed by atoms with E-state index in [-0.39, 0.29) is 16.9 Å². The van der Waals surface area contributed by atoms with E-state index < -0.39 is 0 Å². The molecule has 0 aliphatic heterocycles. The summed E-state index contributed by atoms with van der Waals surface area (Å²) in [6.07, 6.45) is 0. The van der Waals surface area contributed by atoms with Gasteiger partial charge in [0.2, 0.25) is 0 Å². The standard InChI is InChI=1S/C20H18N4O2/c1-20(2,3)24-15-9-5-7-13(17(15)23-19(24)26)11-10-12-6-4-8-14-16(12)22-18(25)21-14/h4-9H,1-3H3,(H,23,26)(H2,21,22,25). The number of imidazole rings is 2. The number of nitrogens with zero attached hydrogens (tertiary/aromatic N) is 1. The van der Waals surface area contributed by atoms with Gasteiger partial charge in [-0.25, -0.2) is 9.59 Å². The van der Waals surface area contributed by atoms with Crippen LogP contribution >= 0.6 is 0 Å². The largest absolute Gasteiger partial charge is 0.326 e. The third kappa shape index (κ3) is 2.54. The second-order valence-corrected chi connectivity index (χ2v) is 7.19. The zero-order chi connectivity index (χ0) is 18.5. The van der Waals surface area contributed by atoms with Gasteiger partial charge >= 0.3 is 11.4 Å². The van der Waals surface area contributed by atoms with E-state index >= 15 is 0 Å². The summed E-state index contributed by atoms with van der Waals surface area (Å²) < 4.78 is 1.73. The molecule has 0 radical (unpaired) electrons. The van der Waals surface area contributed by atoms with Crippen LogP contribution in [0.2, 0.25) is 0 Å². The molecular weight excluding hydrogens is 328 g/mol. The number of hydrogen-bond donors (Lipinski definition) is 3. The summed E-state index contributed by atoms with van der Waals surface area (Å²) >= 11 is 0. The summed E-state index contributed by atoms with van der Waals surface area (Å²) in [6.45, 7) is 5.97. The molecular formula is C20H18N4O2. The first-order valence-electron chi connectivity index (χ1n) is 8.32. The molecule has 26 heavy (non-hydrogen) atoms. The van der Waals surface area contributed by atoms with Crippen LogP contribution in [0.3, 0.4) is 0 Å². The molecule has 0 aliphatic carbocycles. The van der Waals surface area contributed by atoms with Crippen LogP contribution in [0.25, 0.3) is 22.1 Å². The van der Waals surface area contributed by atoms with Crippen LogP contribution < -0.4 is 11.4 Å². The minimum absolute atomic E-state index is 0.154. The van der Waals surface area contributed by atoms with Crippen molar-refractivity contribution in [3.8, 4) is 11.8 Å². The summed E-state index contributed by atoms with van der Waals surface area (Å²) in [5.41, 5.74) is 3.63. The zero-order valence-electron chi connectivity index (χ0n) is 14.7. The van der Waals surface area contributed by atoms with Crippen molar-refractivity contribution >= 4 is 22.1 Å². The molecule has 2 aromatic carbocycles. The van der Waals surface area contributed by atoms with Gasteiger partial charge in [0.25, 0.3) is 0 Å². The van der Waals surface area contributed by atoms with E-state index in [1.54, 1.807) is 4.57 Å². The predicted octanol–water partition coefficient (Wildman–Crippen LogP) is 2.65. The Morgan fingerprint density at radius 2 is 1.50 bits per heavy atom. The highest BCUT2D eigenvalue weighted by molar-refractivity contribution is 5.84. The van der Waals surface area contributed by atoms with Crippen molar-refractivity contribution in [1.29, 1.82) is 0 Å². The molecule has 4 aromatic rings. The van der Waals surface area contributed by atoms with Gasteiger partial charge in [0.1, 0.15) is 0 Å². The van der Waals surface area contributed by atoms with E-state index in [0.29, 0.717) is 11.0 Å². The third-order valence-electron chi connectivity index (χ3n) is 4.27. The lowest BCUT2D eigenvalue weighted by Crippen LogP contribution is -2.31. The van der Waals surface area contributed by atoms with Crippen LogP contribution in [0.5, 0.6) is 0 Å². The van der Waals surface area contributed by atoms with Crippen LogP contribution in [0.15, 0.2) is 46.0 Å². The van der Waals surface area contributed by atoms with Crippen molar-refractivity contribution in [2.24, 2.45) is 0 Å². The van der Waals surface area contributed by atoms with Crippen molar-refractivity contribution in [1.82, 2.24) is 19.5 Å². The summed E-state index contributed by atoms with van der Waals surface area (Å²) in [7, 11) is 0. The Balaban J connectivity index is 1.91. The minimum Gasteiger partial charge on any atom is -0.306 e. The third-order valence-corrected chi connectivity index (χ3v) is 4.27. The number of aromatic nitrogens is 4. The van der Waals surface area contributed by atoms with Crippen LogP contribution in [-0.4, -0.2) is 19.5 Å². The van der Waals surface area contributed by atoms with Gasteiger partial charge < -0.3 is 15.0 Å². The molecule has 2 heterocycles. The summed E-state index contributed by atoms with van der Waals surface area (Å²) in [6, 6.07) is 11.2. The van der Waals surface area contributed by atoms with Gasteiger partial charge in [0.05, 0.1) is 33.2 Å². The topological polar surface area (TPSA) is 86.4 Å². The van der Waals surface area contributed by atoms with Gasteiger partial charge in [-0.3, -0.25) is 4.57 Å². The lowest BCUT2D eigenvalue weighted by molar-refractivity contribution is 0.397. The Kier molecular flexibility index (Phi) is 3.41. The maximum absolute atomic E-state index is 12.4. The van der Waals surface area contributed by atoms with Gasteiger partial charge in [-0.05, 0) is 45.0 Å². The predicted molar refractivity (Wildman–Crippen MR) is 102 cm³/mol. The van der Waals surface area contributed by atoms with Gasteiger partial charge in [0.15, 0.2) is 0 Å². The van der Waals surface area contributed by atoms with Gasteiger partial charge in [-0.2, -0.15) is 0 Å². The molecule has 0 saturated carbocycles. The highest BCUT2D eigenvalue weighted by Crippen LogP contribution is 2.21. The second-order valence-electron chi connectivity index (χ2n) is 7.19. The van der Waals surface area contributed by atoms with Crippen LogP contribution in [0, 0.1) is 11.8 Å². The van der Waals surface area contributed by atoms with E-state index in [0.717, 1.165) is 22.2 Å². The molecule has 0 amide bonds. The summed E-state index contributed by atoms with van der Waals surface area (Å²) in [5, 5.41) is 0. The Labute approximate surface area is 148 Å². The normalized spacial score (nSPS) is 11.7. The van der Waals surface area contributed by atoms with Crippen LogP contribution in [0.1, 0.15) is 31.9 Å². The van der Waals surface area contributed by atoms with E-state index in [1.807, 2.05) is 57.2 Å². The maximum atomic E-state index is 12.4. The lowest BCUT2D eigenvalue weighted by atomic mass is 10.1. The molecule has 0 bridgehead atoms. The fraction of sp³-hybridized carbons (Fsp3) is 0.200. The van der Waals surface area contributed by atoms with E-state index in [2.05, 4.69) is 26.8 Å².